The summed E-state index contributed by atoms with van der Waals surface area (Å²) >= 11 is 0. The molecule has 0 bridgehead atoms. The largest absolute Gasteiger partial charge is 0.508 e. The van der Waals surface area contributed by atoms with Crippen molar-refractivity contribution in [1.29, 1.82) is 0 Å². The number of hydrogen-bond donors (Lipinski definition) is 2. The van der Waals surface area contributed by atoms with Crippen LogP contribution in [0.25, 0.3) is 0 Å². The molecule has 2 N–H and O–H groups in total. The van der Waals surface area contributed by atoms with E-state index in [4.69, 9.17) is 0 Å². The Morgan fingerprint density at radius 2 is 1.56 bits per heavy atom. The highest BCUT2D eigenvalue weighted by Crippen LogP contribution is 2.29. The number of para-hydroxylation sites is 1. The Morgan fingerprint density at radius 3 is 1.78 bits per heavy atom. The number of nitrogens with one attached hydrogen (secondary N) is 1. The quantitative estimate of drug-likeness (QED) is 0.803. The number of phenols is 1. The molecule has 0 aliphatic rings. The zero-order valence-electron chi connectivity index (χ0n) is 12.5. The molecule has 0 spiro atoms. The van der Waals surface area contributed by atoms with E-state index in [1.54, 1.807) is 12.3 Å². The van der Waals surface area contributed by atoms with Crippen LogP contribution in [-0.2, 0) is 5.41 Å². The fraction of sp³-hybridized carbons (Fsp3) is 0.467. The highest BCUT2D eigenvalue weighted by Gasteiger charge is 2.16. The standard InChI is InChI=1S/C10H14O.C3H7N.C2H6.H2S/c1-10(2,3)8-6-4-5-7-9(8)11;1-3-4-2;1-2;/h4-7,11H,1-3H3;3-4H,1H2,2H3;1-2H3;1H2. The van der Waals surface area contributed by atoms with Gasteiger partial charge in [-0.05, 0) is 23.2 Å². The molecule has 0 amide bonds. The normalized spacial score (nSPS) is 8.56. The van der Waals surface area contributed by atoms with Gasteiger partial charge in [-0.25, -0.2) is 0 Å². The Hall–Kier alpha value is -1.09. The third-order valence-electron chi connectivity index (χ3n) is 1.92. The summed E-state index contributed by atoms with van der Waals surface area (Å²) in [6.07, 6.45) is 1.62. The minimum atomic E-state index is 0. The average molecular weight is 271 g/mol. The fourth-order valence-electron chi connectivity index (χ4n) is 1.11. The smallest absolute Gasteiger partial charge is 0.119 e. The van der Waals surface area contributed by atoms with Gasteiger partial charge < -0.3 is 10.4 Å². The molecule has 0 aliphatic heterocycles. The lowest BCUT2D eigenvalue weighted by Gasteiger charge is -2.19. The molecule has 2 nitrogen and oxygen atoms in total. The lowest BCUT2D eigenvalue weighted by atomic mass is 9.86. The summed E-state index contributed by atoms with van der Waals surface area (Å²) in [7, 11) is 1.81. The molecule has 0 saturated carbocycles. The number of benzene rings is 1. The van der Waals surface area contributed by atoms with Crippen LogP contribution in [0, 0.1) is 0 Å². The van der Waals surface area contributed by atoms with Crippen LogP contribution in [0.15, 0.2) is 37.0 Å². The Bertz CT molecular complexity index is 306. The lowest BCUT2D eigenvalue weighted by molar-refractivity contribution is 0.447. The van der Waals surface area contributed by atoms with Gasteiger partial charge in [-0.15, -0.1) is 0 Å². The molecule has 1 aromatic rings. The van der Waals surface area contributed by atoms with Gasteiger partial charge >= 0.3 is 0 Å². The third kappa shape index (κ3) is 10.1. The molecule has 0 aromatic heterocycles. The van der Waals surface area contributed by atoms with E-state index in [-0.39, 0.29) is 18.9 Å². The van der Waals surface area contributed by atoms with Gasteiger partial charge in [0.2, 0.25) is 0 Å². The molecule has 18 heavy (non-hydrogen) atoms. The van der Waals surface area contributed by atoms with Crippen LogP contribution >= 0.6 is 13.5 Å². The topological polar surface area (TPSA) is 32.3 Å². The lowest BCUT2D eigenvalue weighted by Crippen LogP contribution is -2.10. The first-order valence-corrected chi connectivity index (χ1v) is 6.00. The first-order chi connectivity index (χ1) is 7.93. The van der Waals surface area contributed by atoms with Crippen LogP contribution in [-0.4, -0.2) is 12.2 Å². The molecule has 0 saturated heterocycles. The van der Waals surface area contributed by atoms with Crippen molar-refractivity contribution in [2.24, 2.45) is 0 Å². The predicted octanol–water partition coefficient (Wildman–Crippen LogP) is 4.18. The fourth-order valence-corrected chi connectivity index (χ4v) is 1.11. The molecular formula is C15H29NOS. The van der Waals surface area contributed by atoms with E-state index in [0.29, 0.717) is 5.75 Å². The van der Waals surface area contributed by atoms with Gasteiger partial charge in [0.25, 0.3) is 0 Å². The zero-order chi connectivity index (χ0) is 13.9. The van der Waals surface area contributed by atoms with E-state index in [2.05, 4.69) is 32.7 Å². The van der Waals surface area contributed by atoms with Crippen LogP contribution in [0.3, 0.4) is 0 Å². The summed E-state index contributed by atoms with van der Waals surface area (Å²) in [6.45, 7) is 13.6. The second-order valence-corrected chi connectivity index (χ2v) is 4.26. The van der Waals surface area contributed by atoms with Crippen molar-refractivity contribution in [3.63, 3.8) is 0 Å². The van der Waals surface area contributed by atoms with E-state index >= 15 is 0 Å². The monoisotopic (exact) mass is 271 g/mol. The molecule has 0 aliphatic carbocycles. The van der Waals surface area contributed by atoms with Crippen LogP contribution in [0.2, 0.25) is 0 Å². The molecule has 0 fully saturated rings. The van der Waals surface area contributed by atoms with Gasteiger partial charge in [0.1, 0.15) is 5.75 Å². The van der Waals surface area contributed by atoms with Crippen molar-refractivity contribution < 1.29 is 5.11 Å². The molecule has 1 rings (SSSR count). The minimum absolute atomic E-state index is 0. The number of hydrogen-bond acceptors (Lipinski definition) is 2. The van der Waals surface area contributed by atoms with E-state index in [0.717, 1.165) is 5.56 Å². The van der Waals surface area contributed by atoms with Gasteiger partial charge in [-0.1, -0.05) is 59.4 Å². The summed E-state index contributed by atoms with van der Waals surface area (Å²) in [5, 5.41) is 12.1. The predicted molar refractivity (Wildman–Crippen MR) is 87.8 cm³/mol. The van der Waals surface area contributed by atoms with Crippen LogP contribution < -0.4 is 5.32 Å². The Morgan fingerprint density at radius 1 is 1.17 bits per heavy atom. The van der Waals surface area contributed by atoms with Crippen molar-refractivity contribution in [2.45, 2.75) is 40.0 Å². The van der Waals surface area contributed by atoms with Crippen LogP contribution in [0.1, 0.15) is 40.2 Å². The molecule has 106 valence electrons. The third-order valence-corrected chi connectivity index (χ3v) is 1.92. The first-order valence-electron chi connectivity index (χ1n) is 6.00. The second-order valence-electron chi connectivity index (χ2n) is 4.26. The second kappa shape index (κ2) is 12.4. The molecule has 3 heteroatoms. The van der Waals surface area contributed by atoms with E-state index in [1.807, 2.05) is 39.1 Å². The van der Waals surface area contributed by atoms with Crippen molar-refractivity contribution in [3.05, 3.63) is 42.6 Å². The number of phenolic OH excluding ortho intramolecular Hbond substituents is 1. The average Bonchev–Trinajstić information content (AvgIpc) is 2.31. The Balaban J connectivity index is -0.000000277. The summed E-state index contributed by atoms with van der Waals surface area (Å²) in [4.78, 5) is 0. The summed E-state index contributed by atoms with van der Waals surface area (Å²) in [5.41, 5.74) is 1.03. The molecular weight excluding hydrogens is 242 g/mol. The minimum Gasteiger partial charge on any atom is -0.508 e. The Kier molecular flexibility index (Phi) is 15.2. The number of aromatic hydroxyl groups is 1. The van der Waals surface area contributed by atoms with Gasteiger partial charge in [-0.3, -0.25) is 0 Å². The summed E-state index contributed by atoms with van der Waals surface area (Å²) in [6, 6.07) is 7.46. The zero-order valence-corrected chi connectivity index (χ0v) is 13.5. The molecule has 0 heterocycles. The highest BCUT2D eigenvalue weighted by atomic mass is 32.1. The molecule has 0 radical (unpaired) electrons. The van der Waals surface area contributed by atoms with Gasteiger partial charge in [0, 0.05) is 7.05 Å². The van der Waals surface area contributed by atoms with E-state index in [9.17, 15) is 5.11 Å². The van der Waals surface area contributed by atoms with Crippen molar-refractivity contribution >= 4 is 13.5 Å². The van der Waals surface area contributed by atoms with Gasteiger partial charge in [-0.2, -0.15) is 13.5 Å². The van der Waals surface area contributed by atoms with E-state index in [1.165, 1.54) is 0 Å². The van der Waals surface area contributed by atoms with Crippen molar-refractivity contribution in [2.75, 3.05) is 7.05 Å². The SMILES string of the molecule is C=CNC.CC.CC(C)(C)c1ccccc1O.S. The van der Waals surface area contributed by atoms with Gasteiger partial charge in [0.05, 0.1) is 0 Å². The highest BCUT2D eigenvalue weighted by molar-refractivity contribution is 7.59. The molecule has 1 aromatic carbocycles. The van der Waals surface area contributed by atoms with Crippen LogP contribution in [0.5, 0.6) is 5.75 Å². The van der Waals surface area contributed by atoms with E-state index < -0.39 is 0 Å². The van der Waals surface area contributed by atoms with Crippen LogP contribution in [0.4, 0.5) is 0 Å². The van der Waals surface area contributed by atoms with Gasteiger partial charge in [0.15, 0.2) is 0 Å². The molecule has 0 atom stereocenters. The van der Waals surface area contributed by atoms with Crippen molar-refractivity contribution in [1.82, 2.24) is 5.32 Å². The molecule has 0 unspecified atom stereocenters. The maximum atomic E-state index is 9.45. The van der Waals surface area contributed by atoms with Crippen molar-refractivity contribution in [3.8, 4) is 5.75 Å². The summed E-state index contributed by atoms with van der Waals surface area (Å²) in [5.74, 6) is 0.389. The number of rotatable bonds is 1. The Labute approximate surface area is 120 Å². The maximum absolute atomic E-state index is 9.45. The maximum Gasteiger partial charge on any atom is 0.119 e. The first kappa shape index (κ1) is 22.1. The summed E-state index contributed by atoms with van der Waals surface area (Å²) < 4.78 is 0.